The number of hydrogen-bond donors (Lipinski definition) is 2. The second kappa shape index (κ2) is 4.18. The van der Waals surface area contributed by atoms with E-state index in [1.54, 1.807) is 24.3 Å². The Labute approximate surface area is 75.2 Å². The summed E-state index contributed by atoms with van der Waals surface area (Å²) in [4.78, 5) is 13.7. The summed E-state index contributed by atoms with van der Waals surface area (Å²) < 4.78 is 0. The van der Waals surface area contributed by atoms with Gasteiger partial charge in [0.1, 0.15) is 4.98 Å². The number of diazo groups is 1. The van der Waals surface area contributed by atoms with Gasteiger partial charge in [0.05, 0.1) is 0 Å². The third kappa shape index (κ3) is 2.54. The van der Waals surface area contributed by atoms with Crippen LogP contribution in [-0.2, 0) is 4.79 Å². The fourth-order valence-electron chi connectivity index (χ4n) is 0.790. The van der Waals surface area contributed by atoms with Crippen molar-refractivity contribution in [2.75, 3.05) is 5.32 Å². The molecule has 1 aromatic carbocycles. The molecule has 1 atom stereocenters. The summed E-state index contributed by atoms with van der Waals surface area (Å²) in [7, 11) is 0. The number of amides is 1. The highest BCUT2D eigenvalue weighted by atomic mass is 16.2. The minimum absolute atomic E-state index is 0.547. The summed E-state index contributed by atoms with van der Waals surface area (Å²) in [5.74, 6) is -0.547. The van der Waals surface area contributed by atoms with Crippen LogP contribution in [0.1, 0.15) is 0 Å². The number of para-hydroxylation sites is 1. The second-order valence-electron chi connectivity index (χ2n) is 2.42. The monoisotopic (exact) mass is 177 g/mol. The number of carbonyl (C=O) groups is 1. The molecule has 3 N–H and O–H groups in total. The molecular formula is C8H9N4O+. The van der Waals surface area contributed by atoms with Crippen molar-refractivity contribution in [2.45, 2.75) is 6.17 Å². The number of rotatable bonds is 2. The molecule has 13 heavy (non-hydrogen) atoms. The van der Waals surface area contributed by atoms with Crippen molar-refractivity contribution in [3.63, 3.8) is 0 Å². The number of hydrogen-bond acceptors (Lipinski definition) is 3. The Hall–Kier alpha value is -1.93. The lowest BCUT2D eigenvalue weighted by Gasteiger charge is -1.99. The Balaban J connectivity index is 2.62. The maximum absolute atomic E-state index is 11.1. The van der Waals surface area contributed by atoms with Crippen molar-refractivity contribution in [1.29, 1.82) is 5.39 Å². The standard InChI is InChI=1S/C8H8N4O/c9-7(12-10)8(13)11-6-4-2-1-3-5-6/h1-5,7H,9H2/p+1. The zero-order valence-electron chi connectivity index (χ0n) is 6.84. The van der Waals surface area contributed by atoms with Crippen LogP contribution in [0, 0.1) is 5.39 Å². The van der Waals surface area contributed by atoms with E-state index in [0.29, 0.717) is 5.69 Å². The molecule has 1 aromatic rings. The van der Waals surface area contributed by atoms with E-state index < -0.39 is 12.1 Å². The fourth-order valence-corrected chi connectivity index (χ4v) is 0.790. The molecule has 0 aliphatic carbocycles. The number of nitrogens with zero attached hydrogens (tertiary/aromatic N) is 2. The predicted octanol–water partition coefficient (Wildman–Crippen LogP) is 0.763. The van der Waals surface area contributed by atoms with Gasteiger partial charge >= 0.3 is 12.1 Å². The molecule has 5 heteroatoms. The maximum atomic E-state index is 11.1. The first kappa shape index (κ1) is 9.16. The second-order valence-corrected chi connectivity index (χ2v) is 2.42. The van der Waals surface area contributed by atoms with Gasteiger partial charge in [0.15, 0.2) is 0 Å². The average molecular weight is 177 g/mol. The normalized spacial score (nSPS) is 11.4. The van der Waals surface area contributed by atoms with Crippen LogP contribution in [0.3, 0.4) is 0 Å². The lowest BCUT2D eigenvalue weighted by atomic mass is 10.3. The number of nitrogens with two attached hydrogens (primary N) is 1. The van der Waals surface area contributed by atoms with Gasteiger partial charge in [-0.05, 0) is 12.1 Å². The Bertz CT molecular complexity index is 330. The smallest absolute Gasteiger partial charge is 0.318 e. The first-order valence-electron chi connectivity index (χ1n) is 3.70. The van der Waals surface area contributed by atoms with Crippen LogP contribution in [0.25, 0.3) is 4.98 Å². The highest BCUT2D eigenvalue weighted by Gasteiger charge is 2.23. The lowest BCUT2D eigenvalue weighted by Crippen LogP contribution is -2.32. The topological polar surface area (TPSA) is 83.3 Å². The van der Waals surface area contributed by atoms with Gasteiger partial charge in [-0.2, -0.15) is 0 Å². The Morgan fingerprint density at radius 2 is 2.08 bits per heavy atom. The number of carbonyl (C=O) groups excluding carboxylic acids is 1. The van der Waals surface area contributed by atoms with Gasteiger partial charge in [0, 0.05) is 5.69 Å². The molecule has 5 nitrogen and oxygen atoms in total. The summed E-state index contributed by atoms with van der Waals surface area (Å²) in [5.41, 5.74) is 5.75. The van der Waals surface area contributed by atoms with Crippen LogP contribution in [0.2, 0.25) is 0 Å². The minimum Gasteiger partial charge on any atom is -0.318 e. The average Bonchev–Trinajstić information content (AvgIpc) is 2.18. The summed E-state index contributed by atoms with van der Waals surface area (Å²) in [6.45, 7) is 0. The molecule has 0 saturated heterocycles. The van der Waals surface area contributed by atoms with Gasteiger partial charge in [-0.1, -0.05) is 18.2 Å². The summed E-state index contributed by atoms with van der Waals surface area (Å²) in [6, 6.07) is 8.80. The Morgan fingerprint density at radius 1 is 1.46 bits per heavy atom. The van der Waals surface area contributed by atoms with Crippen molar-refractivity contribution in [3.05, 3.63) is 35.3 Å². The Kier molecular flexibility index (Phi) is 2.95. The zero-order valence-corrected chi connectivity index (χ0v) is 6.84. The SMILES string of the molecule is N#[N+]C(N)C(=O)Nc1ccccc1. The largest absolute Gasteiger partial charge is 0.444 e. The van der Waals surface area contributed by atoms with E-state index in [4.69, 9.17) is 11.1 Å². The number of nitrogens with one attached hydrogen (secondary N) is 1. The molecule has 1 amide bonds. The van der Waals surface area contributed by atoms with Crippen molar-refractivity contribution in [1.82, 2.24) is 0 Å². The van der Waals surface area contributed by atoms with E-state index in [-0.39, 0.29) is 0 Å². The van der Waals surface area contributed by atoms with Gasteiger partial charge in [-0.25, -0.2) is 5.73 Å². The summed E-state index contributed by atoms with van der Waals surface area (Å²) >= 11 is 0. The van der Waals surface area contributed by atoms with Crippen molar-refractivity contribution >= 4 is 11.6 Å². The molecule has 0 radical (unpaired) electrons. The van der Waals surface area contributed by atoms with Crippen LogP contribution in [0.15, 0.2) is 30.3 Å². The number of benzene rings is 1. The van der Waals surface area contributed by atoms with E-state index in [9.17, 15) is 4.79 Å². The highest BCUT2D eigenvalue weighted by molar-refractivity contribution is 5.95. The molecule has 0 heterocycles. The molecule has 1 rings (SSSR count). The predicted molar refractivity (Wildman–Crippen MR) is 48.1 cm³/mol. The molecule has 0 bridgehead atoms. The van der Waals surface area contributed by atoms with Gasteiger partial charge < -0.3 is 5.32 Å². The van der Waals surface area contributed by atoms with Crippen LogP contribution in [0.5, 0.6) is 0 Å². The van der Waals surface area contributed by atoms with Crippen molar-refractivity contribution in [2.24, 2.45) is 5.73 Å². The lowest BCUT2D eigenvalue weighted by molar-refractivity contribution is -0.116. The molecule has 0 spiro atoms. The quantitative estimate of drug-likeness (QED) is 0.654. The third-order valence-corrected chi connectivity index (χ3v) is 1.43. The highest BCUT2D eigenvalue weighted by Crippen LogP contribution is 2.04. The molecule has 1 unspecified atom stereocenters. The van der Waals surface area contributed by atoms with E-state index in [0.717, 1.165) is 0 Å². The van der Waals surface area contributed by atoms with Crippen LogP contribution in [-0.4, -0.2) is 12.1 Å². The van der Waals surface area contributed by atoms with Crippen LogP contribution < -0.4 is 11.1 Å². The van der Waals surface area contributed by atoms with Gasteiger partial charge in [-0.3, -0.25) is 4.79 Å². The third-order valence-electron chi connectivity index (χ3n) is 1.43. The van der Waals surface area contributed by atoms with E-state index in [1.807, 2.05) is 6.07 Å². The molecule has 0 aromatic heterocycles. The maximum Gasteiger partial charge on any atom is 0.444 e. The summed E-state index contributed by atoms with van der Waals surface area (Å²) in [6.07, 6.45) is -1.24. The molecule has 0 aliphatic rings. The van der Waals surface area contributed by atoms with Crippen molar-refractivity contribution in [3.8, 4) is 0 Å². The van der Waals surface area contributed by atoms with Gasteiger partial charge in [-0.15, -0.1) is 0 Å². The molecular weight excluding hydrogens is 168 g/mol. The van der Waals surface area contributed by atoms with Crippen LogP contribution >= 0.6 is 0 Å². The van der Waals surface area contributed by atoms with Crippen molar-refractivity contribution < 1.29 is 4.79 Å². The first-order valence-corrected chi connectivity index (χ1v) is 3.70. The zero-order chi connectivity index (χ0) is 9.68. The first-order chi connectivity index (χ1) is 6.24. The molecule has 0 saturated carbocycles. The van der Waals surface area contributed by atoms with E-state index in [1.165, 1.54) is 0 Å². The minimum atomic E-state index is -1.24. The molecule has 66 valence electrons. The fraction of sp³-hybridized carbons (Fsp3) is 0.125. The van der Waals surface area contributed by atoms with Gasteiger partial charge in [0.25, 0.3) is 0 Å². The number of anilines is 1. The molecule has 0 aliphatic heterocycles. The van der Waals surface area contributed by atoms with Crippen LogP contribution in [0.4, 0.5) is 5.69 Å². The van der Waals surface area contributed by atoms with E-state index in [2.05, 4.69) is 10.3 Å². The van der Waals surface area contributed by atoms with E-state index >= 15 is 0 Å². The molecule has 0 fully saturated rings. The Morgan fingerprint density at radius 3 is 2.62 bits per heavy atom. The summed E-state index contributed by atoms with van der Waals surface area (Å²) in [5, 5.41) is 10.7. The van der Waals surface area contributed by atoms with Gasteiger partial charge in [0.2, 0.25) is 5.39 Å².